The zero-order chi connectivity index (χ0) is 16.1. The Labute approximate surface area is 132 Å². The van der Waals surface area contributed by atoms with Gasteiger partial charge in [0.05, 0.1) is 0 Å². The molecule has 0 heterocycles. The maximum atomic E-state index is 2.41. The van der Waals surface area contributed by atoms with Crippen molar-refractivity contribution < 1.29 is 0 Å². The third-order valence-corrected chi connectivity index (χ3v) is 4.41. The van der Waals surface area contributed by atoms with E-state index in [0.29, 0.717) is 16.7 Å². The van der Waals surface area contributed by atoms with Crippen LogP contribution in [-0.2, 0) is 0 Å². The molecule has 0 bridgehead atoms. The molecule has 0 aliphatic heterocycles. The van der Waals surface area contributed by atoms with Gasteiger partial charge in [0.2, 0.25) is 0 Å². The molecule has 0 aliphatic carbocycles. The van der Waals surface area contributed by atoms with Gasteiger partial charge in [-0.2, -0.15) is 0 Å². The number of rotatable bonds is 5. The lowest BCUT2D eigenvalue weighted by Gasteiger charge is -2.29. The summed E-state index contributed by atoms with van der Waals surface area (Å²) in [5.41, 5.74) is 3.71. The van der Waals surface area contributed by atoms with Gasteiger partial charge in [-0.05, 0) is 41.6 Å². The summed E-state index contributed by atoms with van der Waals surface area (Å²) < 4.78 is 0. The van der Waals surface area contributed by atoms with E-state index in [2.05, 4.69) is 84.9 Å². The Kier molecular flexibility index (Phi) is 6.25. The Morgan fingerprint density at radius 2 is 1.57 bits per heavy atom. The minimum absolute atomic E-state index is 0.373. The minimum Gasteiger partial charge on any atom is -0.0693 e. The summed E-state index contributed by atoms with van der Waals surface area (Å²) in [7, 11) is 0. The lowest BCUT2D eigenvalue weighted by molar-refractivity contribution is 0.256. The van der Waals surface area contributed by atoms with Crippen molar-refractivity contribution in [1.29, 1.82) is 0 Å². The van der Waals surface area contributed by atoms with Gasteiger partial charge in [-0.3, -0.25) is 0 Å². The maximum absolute atomic E-state index is 2.41. The van der Waals surface area contributed by atoms with E-state index < -0.39 is 0 Å². The predicted molar refractivity (Wildman–Crippen MR) is 96.3 cm³/mol. The molecular weight excluding hydrogens is 252 g/mol. The Hall–Kier alpha value is -1.04. The Morgan fingerprint density at radius 1 is 1.00 bits per heavy atom. The van der Waals surface area contributed by atoms with Gasteiger partial charge in [0.15, 0.2) is 0 Å². The van der Waals surface area contributed by atoms with Crippen molar-refractivity contribution in [2.24, 2.45) is 16.7 Å². The van der Waals surface area contributed by atoms with Gasteiger partial charge >= 0.3 is 0 Å². The summed E-state index contributed by atoms with van der Waals surface area (Å²) in [6.45, 7) is 16.4. The first kappa shape index (κ1) is 18.0. The molecule has 0 saturated carbocycles. The second-order valence-corrected chi connectivity index (χ2v) is 8.75. The topological polar surface area (TPSA) is 0 Å². The van der Waals surface area contributed by atoms with Gasteiger partial charge in [0, 0.05) is 0 Å². The van der Waals surface area contributed by atoms with E-state index >= 15 is 0 Å². The van der Waals surface area contributed by atoms with Crippen LogP contribution in [0.25, 0.3) is 6.08 Å². The molecule has 0 radical (unpaired) electrons. The average Bonchev–Trinajstić information content (AvgIpc) is 2.35. The number of allylic oxidation sites excluding steroid dienone is 1. The zero-order valence-corrected chi connectivity index (χ0v) is 15.2. The zero-order valence-electron chi connectivity index (χ0n) is 15.2. The van der Waals surface area contributed by atoms with E-state index in [4.69, 9.17) is 0 Å². The lowest BCUT2D eigenvalue weighted by atomic mass is 9.77. The van der Waals surface area contributed by atoms with Crippen LogP contribution >= 0.6 is 0 Å². The van der Waals surface area contributed by atoms with Crippen LogP contribution in [0.5, 0.6) is 0 Å². The van der Waals surface area contributed by atoms with E-state index in [1.807, 2.05) is 0 Å². The predicted octanol–water partition coefficient (Wildman–Crippen LogP) is 6.97. The normalized spacial score (nSPS) is 15.1. The van der Waals surface area contributed by atoms with Crippen molar-refractivity contribution in [2.45, 2.75) is 67.7 Å². The van der Waals surface area contributed by atoms with Crippen molar-refractivity contribution in [2.75, 3.05) is 0 Å². The quantitative estimate of drug-likeness (QED) is 0.548. The van der Waals surface area contributed by atoms with Crippen LogP contribution in [0.15, 0.2) is 35.9 Å². The first-order valence-electron chi connectivity index (χ1n) is 8.32. The van der Waals surface area contributed by atoms with Crippen LogP contribution in [-0.4, -0.2) is 0 Å². The summed E-state index contributed by atoms with van der Waals surface area (Å²) in [5, 5.41) is 0. The van der Waals surface area contributed by atoms with Gasteiger partial charge in [0.25, 0.3) is 0 Å². The third kappa shape index (κ3) is 7.50. The third-order valence-electron chi connectivity index (χ3n) is 4.41. The monoisotopic (exact) mass is 286 g/mol. The van der Waals surface area contributed by atoms with Gasteiger partial charge in [-0.25, -0.2) is 0 Å². The minimum atomic E-state index is 0.373. The molecule has 0 N–H and O–H groups in total. The molecule has 0 saturated heterocycles. The highest BCUT2D eigenvalue weighted by atomic mass is 14.3. The van der Waals surface area contributed by atoms with Crippen LogP contribution in [0.1, 0.15) is 73.3 Å². The van der Waals surface area contributed by atoms with Gasteiger partial charge in [-0.1, -0.05) is 90.4 Å². The van der Waals surface area contributed by atoms with Crippen molar-refractivity contribution in [3.8, 4) is 0 Å². The molecule has 1 atom stereocenters. The largest absolute Gasteiger partial charge is 0.0693 e. The summed E-state index contributed by atoms with van der Waals surface area (Å²) in [4.78, 5) is 0. The summed E-state index contributed by atoms with van der Waals surface area (Å²) >= 11 is 0. The smallest absolute Gasteiger partial charge is 0.0257 e. The van der Waals surface area contributed by atoms with Crippen LogP contribution in [0.3, 0.4) is 0 Å². The Morgan fingerprint density at radius 3 is 2.05 bits per heavy atom. The van der Waals surface area contributed by atoms with Gasteiger partial charge < -0.3 is 0 Å². The summed E-state index contributed by atoms with van der Waals surface area (Å²) in [5.74, 6) is 0.701. The highest BCUT2D eigenvalue weighted by molar-refractivity contribution is 5.52. The average molecular weight is 287 g/mol. The number of benzene rings is 1. The SMILES string of the molecule is CC(CC(=Cc1ccccc1)CCC(C)(C)C)C(C)(C)C. The molecule has 1 unspecified atom stereocenters. The van der Waals surface area contributed by atoms with Crippen molar-refractivity contribution in [1.82, 2.24) is 0 Å². The van der Waals surface area contributed by atoms with E-state index in [0.717, 1.165) is 0 Å². The van der Waals surface area contributed by atoms with Crippen LogP contribution in [0.4, 0.5) is 0 Å². The maximum Gasteiger partial charge on any atom is -0.0257 e. The first-order valence-corrected chi connectivity index (χ1v) is 8.32. The van der Waals surface area contributed by atoms with E-state index in [9.17, 15) is 0 Å². The Balaban J connectivity index is 2.87. The molecule has 0 aromatic heterocycles. The van der Waals surface area contributed by atoms with E-state index in [-0.39, 0.29) is 0 Å². The molecule has 0 nitrogen and oxygen atoms in total. The van der Waals surface area contributed by atoms with Crippen LogP contribution in [0.2, 0.25) is 0 Å². The molecule has 0 amide bonds. The molecule has 1 aromatic carbocycles. The highest BCUT2D eigenvalue weighted by Crippen LogP contribution is 2.34. The number of hydrogen-bond acceptors (Lipinski definition) is 0. The van der Waals surface area contributed by atoms with Crippen LogP contribution < -0.4 is 0 Å². The second kappa shape index (κ2) is 7.29. The fourth-order valence-corrected chi connectivity index (χ4v) is 2.25. The molecule has 0 heteroatoms. The van der Waals surface area contributed by atoms with Crippen LogP contribution in [0, 0.1) is 16.7 Å². The molecule has 0 spiro atoms. The van der Waals surface area contributed by atoms with Gasteiger partial charge in [-0.15, -0.1) is 0 Å². The summed E-state index contributed by atoms with van der Waals surface area (Å²) in [6.07, 6.45) is 6.07. The second-order valence-electron chi connectivity index (χ2n) is 8.75. The van der Waals surface area contributed by atoms with E-state index in [1.165, 1.54) is 24.8 Å². The lowest BCUT2D eigenvalue weighted by Crippen LogP contribution is -2.18. The highest BCUT2D eigenvalue weighted by Gasteiger charge is 2.21. The molecule has 0 aliphatic rings. The number of hydrogen-bond donors (Lipinski definition) is 0. The fourth-order valence-electron chi connectivity index (χ4n) is 2.25. The van der Waals surface area contributed by atoms with Crippen molar-refractivity contribution in [3.05, 3.63) is 41.5 Å². The van der Waals surface area contributed by atoms with Crippen molar-refractivity contribution in [3.63, 3.8) is 0 Å². The summed E-state index contributed by atoms with van der Waals surface area (Å²) in [6, 6.07) is 10.8. The van der Waals surface area contributed by atoms with Crippen molar-refractivity contribution >= 4 is 6.08 Å². The standard InChI is InChI=1S/C21H34/c1-17(21(5,6)7)15-19(13-14-20(2,3)4)16-18-11-9-8-10-12-18/h8-12,16-17H,13-15H2,1-7H3. The molecule has 0 fully saturated rings. The molecule has 118 valence electrons. The first-order chi connectivity index (χ1) is 9.58. The molecule has 1 rings (SSSR count). The van der Waals surface area contributed by atoms with E-state index in [1.54, 1.807) is 5.57 Å². The molecule has 21 heavy (non-hydrogen) atoms. The molecule has 1 aromatic rings. The molecular formula is C21H34. The van der Waals surface area contributed by atoms with Gasteiger partial charge in [0.1, 0.15) is 0 Å². The Bertz CT molecular complexity index is 437. The fraction of sp³-hybridized carbons (Fsp3) is 0.619.